The van der Waals surface area contributed by atoms with E-state index in [9.17, 15) is 9.59 Å². The van der Waals surface area contributed by atoms with Gasteiger partial charge in [-0.15, -0.1) is 12.6 Å². The normalized spacial score (nSPS) is 45.3. The molecule has 0 saturated heterocycles. The molecule has 0 aliphatic heterocycles. The van der Waals surface area contributed by atoms with E-state index in [1.54, 1.807) is 0 Å². The van der Waals surface area contributed by atoms with Gasteiger partial charge in [0.2, 0.25) is 0 Å². The van der Waals surface area contributed by atoms with Gasteiger partial charge in [0, 0.05) is 30.1 Å². The van der Waals surface area contributed by atoms with Crippen LogP contribution >= 0.6 is 12.6 Å². The summed E-state index contributed by atoms with van der Waals surface area (Å²) in [7, 11) is 0. The van der Waals surface area contributed by atoms with Crippen LogP contribution in [0.25, 0.3) is 0 Å². The van der Waals surface area contributed by atoms with Crippen molar-refractivity contribution in [2.24, 2.45) is 34.5 Å². The quantitative estimate of drug-likeness (QED) is 0.415. The molecule has 0 bridgehead atoms. The number of allylic oxidation sites excluding steroid dienone is 3. The molecular formula is C23H32O3S. The lowest BCUT2D eigenvalue weighted by Gasteiger charge is -2.58. The lowest BCUT2D eigenvalue weighted by Crippen LogP contribution is -2.55. The zero-order valence-electron chi connectivity index (χ0n) is 16.7. The first-order chi connectivity index (χ1) is 12.8. The molecule has 0 heterocycles. The summed E-state index contributed by atoms with van der Waals surface area (Å²) in [6.07, 6.45) is 13.4. The molecule has 0 amide bonds. The first kappa shape index (κ1) is 19.3. The van der Waals surface area contributed by atoms with Crippen LogP contribution in [0, 0.1) is 34.5 Å². The van der Waals surface area contributed by atoms with Gasteiger partial charge < -0.3 is 4.74 Å². The third-order valence-corrected chi connectivity index (χ3v) is 8.79. The van der Waals surface area contributed by atoms with E-state index in [-0.39, 0.29) is 33.9 Å². The Morgan fingerprint density at radius 3 is 2.70 bits per heavy atom. The molecule has 0 spiro atoms. The average molecular weight is 389 g/mol. The Morgan fingerprint density at radius 1 is 1.22 bits per heavy atom. The van der Waals surface area contributed by atoms with Gasteiger partial charge in [0.15, 0.2) is 5.12 Å². The van der Waals surface area contributed by atoms with E-state index < -0.39 is 0 Å². The van der Waals surface area contributed by atoms with E-state index in [0.717, 1.165) is 38.5 Å². The summed E-state index contributed by atoms with van der Waals surface area (Å²) < 4.78 is 6.04. The first-order valence-corrected chi connectivity index (χ1v) is 11.1. The molecule has 0 aromatic rings. The van der Waals surface area contributed by atoms with Crippen LogP contribution < -0.4 is 0 Å². The standard InChI is InChI=1S/C23H32O3S/c1-4-19(24)26-18-13-14-7-5-6-11-22(14,2)16-10-12-23(3)15(20(16)18)8-9-17(23)21(25)27/h6-7,11,15-18,20H,4-5,8-10,12-13H2,1-3H3,(H,25,27)/t15-,16-,17?,18+,20-,22-,23-/m0/s1. The number of carbonyl (C=O) groups excluding carboxylic acids is 2. The van der Waals surface area contributed by atoms with Gasteiger partial charge >= 0.3 is 5.97 Å². The summed E-state index contributed by atoms with van der Waals surface area (Å²) in [5, 5.41) is 0.0423. The van der Waals surface area contributed by atoms with Crippen molar-refractivity contribution in [1.29, 1.82) is 0 Å². The number of rotatable bonds is 3. The lowest BCUT2D eigenvalue weighted by molar-refractivity contribution is -0.165. The highest BCUT2D eigenvalue weighted by Crippen LogP contribution is 2.66. The van der Waals surface area contributed by atoms with E-state index in [0.29, 0.717) is 24.2 Å². The van der Waals surface area contributed by atoms with Gasteiger partial charge in [-0.05, 0) is 49.4 Å². The van der Waals surface area contributed by atoms with Crippen molar-refractivity contribution in [2.45, 2.75) is 71.8 Å². The van der Waals surface area contributed by atoms with Crippen molar-refractivity contribution in [3.63, 3.8) is 0 Å². The zero-order chi connectivity index (χ0) is 19.4. The highest BCUT2D eigenvalue weighted by molar-refractivity contribution is 7.96. The molecule has 0 aromatic heterocycles. The van der Waals surface area contributed by atoms with Crippen molar-refractivity contribution in [2.75, 3.05) is 0 Å². The van der Waals surface area contributed by atoms with Crippen LogP contribution in [0.2, 0.25) is 0 Å². The number of hydrogen-bond acceptors (Lipinski definition) is 3. The summed E-state index contributed by atoms with van der Waals surface area (Å²) >= 11 is 4.22. The number of hydrogen-bond donors (Lipinski definition) is 1. The zero-order valence-corrected chi connectivity index (χ0v) is 17.6. The fourth-order valence-electron chi connectivity index (χ4n) is 7.06. The van der Waals surface area contributed by atoms with Crippen molar-refractivity contribution >= 4 is 23.7 Å². The molecule has 0 radical (unpaired) electrons. The minimum absolute atomic E-state index is 0.00711. The molecule has 4 aliphatic carbocycles. The Bertz CT molecular complexity index is 710. The molecule has 148 valence electrons. The maximum Gasteiger partial charge on any atom is 0.305 e. The Morgan fingerprint density at radius 2 is 2.00 bits per heavy atom. The molecule has 7 atom stereocenters. The van der Waals surface area contributed by atoms with Crippen LogP contribution in [0.4, 0.5) is 0 Å². The summed E-state index contributed by atoms with van der Waals surface area (Å²) in [5.41, 5.74) is 1.51. The Balaban J connectivity index is 1.74. The second kappa shape index (κ2) is 6.79. The van der Waals surface area contributed by atoms with Gasteiger partial charge in [-0.1, -0.05) is 44.6 Å². The molecule has 3 fully saturated rings. The van der Waals surface area contributed by atoms with Gasteiger partial charge in [0.25, 0.3) is 0 Å². The van der Waals surface area contributed by atoms with E-state index in [4.69, 9.17) is 4.74 Å². The second-order valence-electron chi connectivity index (χ2n) is 9.54. The van der Waals surface area contributed by atoms with E-state index in [1.807, 2.05) is 6.92 Å². The number of carbonyl (C=O) groups is 2. The van der Waals surface area contributed by atoms with Crippen molar-refractivity contribution in [3.05, 3.63) is 23.8 Å². The molecule has 4 aliphatic rings. The van der Waals surface area contributed by atoms with Crippen molar-refractivity contribution < 1.29 is 14.3 Å². The van der Waals surface area contributed by atoms with Gasteiger partial charge in [0.1, 0.15) is 6.10 Å². The lowest BCUT2D eigenvalue weighted by atomic mass is 9.47. The molecule has 4 rings (SSSR count). The van der Waals surface area contributed by atoms with Crippen LogP contribution in [-0.2, 0) is 14.3 Å². The van der Waals surface area contributed by atoms with Gasteiger partial charge in [-0.25, -0.2) is 0 Å². The minimum Gasteiger partial charge on any atom is -0.462 e. The minimum atomic E-state index is -0.0959. The molecule has 27 heavy (non-hydrogen) atoms. The Labute approximate surface area is 168 Å². The smallest absolute Gasteiger partial charge is 0.305 e. The van der Waals surface area contributed by atoms with E-state index in [2.05, 4.69) is 44.7 Å². The highest BCUT2D eigenvalue weighted by Gasteiger charge is 2.62. The SMILES string of the molecule is CCC(=O)O[C@@H]1CC2=CCC=C[C@]2(C)[C@H]2CC[C@]3(C)C(C(=O)S)CC[C@H]3[C@H]12. The third kappa shape index (κ3) is 2.85. The number of ether oxygens (including phenoxy) is 1. The third-order valence-electron chi connectivity index (χ3n) is 8.48. The summed E-state index contributed by atoms with van der Waals surface area (Å²) in [4.78, 5) is 24.4. The van der Waals surface area contributed by atoms with Gasteiger partial charge in [-0.3, -0.25) is 9.59 Å². The largest absolute Gasteiger partial charge is 0.462 e. The fourth-order valence-corrected chi connectivity index (χ4v) is 7.48. The Hall–Kier alpha value is -1.03. The highest BCUT2D eigenvalue weighted by atomic mass is 32.1. The predicted octanol–water partition coefficient (Wildman–Crippen LogP) is 5.12. The van der Waals surface area contributed by atoms with E-state index in [1.165, 1.54) is 5.57 Å². The number of esters is 1. The average Bonchev–Trinajstić information content (AvgIpc) is 2.99. The molecule has 1 unspecified atom stereocenters. The predicted molar refractivity (Wildman–Crippen MR) is 109 cm³/mol. The maximum atomic E-state index is 12.2. The summed E-state index contributed by atoms with van der Waals surface area (Å²) in [6.45, 7) is 6.54. The molecule has 0 aromatic carbocycles. The van der Waals surface area contributed by atoms with Gasteiger partial charge in [-0.2, -0.15) is 0 Å². The number of fused-ring (bicyclic) bond motifs is 5. The van der Waals surface area contributed by atoms with Crippen molar-refractivity contribution in [1.82, 2.24) is 0 Å². The second-order valence-corrected chi connectivity index (χ2v) is 9.98. The Kier molecular flexibility index (Phi) is 4.85. The van der Waals surface area contributed by atoms with Crippen LogP contribution in [0.15, 0.2) is 23.8 Å². The first-order valence-electron chi connectivity index (χ1n) is 10.6. The fraction of sp³-hybridized carbons (Fsp3) is 0.739. The molecular weight excluding hydrogens is 356 g/mol. The van der Waals surface area contributed by atoms with E-state index >= 15 is 0 Å². The summed E-state index contributed by atoms with van der Waals surface area (Å²) in [6, 6.07) is 0. The van der Waals surface area contributed by atoms with Crippen LogP contribution in [0.5, 0.6) is 0 Å². The molecule has 4 heteroatoms. The molecule has 3 saturated carbocycles. The number of thiol groups is 1. The van der Waals surface area contributed by atoms with Crippen molar-refractivity contribution in [3.8, 4) is 0 Å². The maximum absolute atomic E-state index is 12.2. The monoisotopic (exact) mass is 388 g/mol. The van der Waals surface area contributed by atoms with Gasteiger partial charge in [0.05, 0.1) is 0 Å². The summed E-state index contributed by atoms with van der Waals surface area (Å²) in [5.74, 6) is 1.19. The molecule has 3 nitrogen and oxygen atoms in total. The van der Waals surface area contributed by atoms with Crippen LogP contribution in [-0.4, -0.2) is 17.2 Å². The van der Waals surface area contributed by atoms with Crippen LogP contribution in [0.1, 0.15) is 65.7 Å². The topological polar surface area (TPSA) is 43.4 Å². The van der Waals surface area contributed by atoms with Crippen LogP contribution in [0.3, 0.4) is 0 Å². The molecule has 0 N–H and O–H groups in total.